The van der Waals surface area contributed by atoms with Crippen molar-refractivity contribution >= 4 is 29.4 Å². The lowest BCUT2D eigenvalue weighted by atomic mass is 9.99. The van der Waals surface area contributed by atoms with Gasteiger partial charge in [0.05, 0.1) is 6.04 Å². The van der Waals surface area contributed by atoms with E-state index in [1.807, 2.05) is 92.7 Å². The molecule has 7 N–H and O–H groups in total. The lowest BCUT2D eigenvalue weighted by Gasteiger charge is -2.37. The van der Waals surface area contributed by atoms with Gasteiger partial charge in [-0.2, -0.15) is 0 Å². The van der Waals surface area contributed by atoms with Crippen LogP contribution in [0.5, 0.6) is 0 Å². The van der Waals surface area contributed by atoms with E-state index >= 15 is 0 Å². The molecule has 1 aliphatic heterocycles. The zero-order valence-electron chi connectivity index (χ0n) is 29.9. The fraction of sp³-hybridized carbons (Fsp3) is 0.462. The first-order valence-electron chi connectivity index (χ1n) is 18.0. The van der Waals surface area contributed by atoms with Gasteiger partial charge >= 0.3 is 0 Å². The second-order valence-corrected chi connectivity index (χ2v) is 13.6. The Morgan fingerprint density at radius 2 is 1.27 bits per heavy atom. The highest BCUT2D eigenvalue weighted by atomic mass is 16.2. The second-order valence-electron chi connectivity index (χ2n) is 13.6. The minimum Gasteiger partial charge on any atom is -0.353 e. The minimum atomic E-state index is -0.985. The van der Waals surface area contributed by atoms with Gasteiger partial charge in [0.15, 0.2) is 0 Å². The van der Waals surface area contributed by atoms with Crippen molar-refractivity contribution in [3.8, 4) is 0 Å². The summed E-state index contributed by atoms with van der Waals surface area (Å²) in [5, 5.41) is 8.74. The minimum absolute atomic E-state index is 0.0496. The van der Waals surface area contributed by atoms with Crippen molar-refractivity contribution in [3.63, 3.8) is 0 Å². The summed E-state index contributed by atoms with van der Waals surface area (Å²) >= 11 is 0. The Balaban J connectivity index is 1.45. The summed E-state index contributed by atoms with van der Waals surface area (Å²) in [6, 6.07) is 21.0. The predicted molar refractivity (Wildman–Crippen MR) is 199 cm³/mol. The number of nitrogens with two attached hydrogens (primary N) is 2. The number of rotatable bonds is 18. The van der Waals surface area contributed by atoms with Crippen LogP contribution in [0.15, 0.2) is 85.1 Å². The first-order chi connectivity index (χ1) is 24.6. The van der Waals surface area contributed by atoms with Gasteiger partial charge < -0.3 is 37.2 Å². The number of amides is 4. The van der Waals surface area contributed by atoms with Crippen LogP contribution < -0.4 is 32.3 Å². The zero-order valence-corrected chi connectivity index (χ0v) is 29.9. The van der Waals surface area contributed by atoms with Gasteiger partial charge in [-0.25, -0.2) is 4.98 Å². The molecule has 0 bridgehead atoms. The standard InChI is InChI=1S/C39H54N8O4/c1-28(2)25-33(37(49)43-32(17-9-11-19-40)39(51)47-23-21-46(22-24-47)35-18-10-12-20-42-35)45-38(50)34(27-30-15-7-4-8-16-30)44-36(48)31(41)26-29-13-5-3-6-14-29/h3-8,10,12-16,18,20,28,31-34H,9,11,17,19,21-27,40-41H2,1-2H3,(H,43,49)(H,44,48)(H,45,50)/t31-,32-,33-,34-/m1/s1. The van der Waals surface area contributed by atoms with Crippen LogP contribution in [0.4, 0.5) is 5.82 Å². The van der Waals surface area contributed by atoms with E-state index in [-0.39, 0.29) is 18.2 Å². The molecule has 4 rings (SSSR count). The molecule has 12 nitrogen and oxygen atoms in total. The van der Waals surface area contributed by atoms with E-state index in [4.69, 9.17) is 11.5 Å². The Kier molecular flexibility index (Phi) is 15.4. The Hall–Kier alpha value is -4.81. The molecule has 0 unspecified atom stereocenters. The zero-order chi connectivity index (χ0) is 36.6. The molecule has 274 valence electrons. The van der Waals surface area contributed by atoms with E-state index in [0.29, 0.717) is 64.8 Å². The van der Waals surface area contributed by atoms with Crippen LogP contribution in [-0.2, 0) is 32.0 Å². The third-order valence-corrected chi connectivity index (χ3v) is 9.02. The molecule has 2 heterocycles. The van der Waals surface area contributed by atoms with Crippen LogP contribution in [0, 0.1) is 5.92 Å². The molecule has 1 aromatic heterocycles. The molecule has 1 aliphatic rings. The first-order valence-corrected chi connectivity index (χ1v) is 18.0. The summed E-state index contributed by atoms with van der Waals surface area (Å²) in [6.45, 7) is 6.65. The number of pyridine rings is 1. The maximum Gasteiger partial charge on any atom is 0.245 e. The fourth-order valence-corrected chi connectivity index (χ4v) is 6.21. The average molecular weight is 699 g/mol. The smallest absolute Gasteiger partial charge is 0.245 e. The van der Waals surface area contributed by atoms with Gasteiger partial charge in [-0.1, -0.05) is 80.6 Å². The molecule has 3 aromatic rings. The van der Waals surface area contributed by atoms with E-state index in [1.165, 1.54) is 0 Å². The number of hydrogen-bond acceptors (Lipinski definition) is 8. The number of aromatic nitrogens is 1. The van der Waals surface area contributed by atoms with E-state index in [2.05, 4.69) is 25.8 Å². The van der Waals surface area contributed by atoms with Crippen LogP contribution in [-0.4, -0.2) is 90.4 Å². The summed E-state index contributed by atoms with van der Waals surface area (Å²) < 4.78 is 0. The highest BCUT2D eigenvalue weighted by molar-refractivity contribution is 5.95. The van der Waals surface area contributed by atoms with E-state index in [9.17, 15) is 19.2 Å². The molecular formula is C39H54N8O4. The number of nitrogens with one attached hydrogen (secondary N) is 3. The highest BCUT2D eigenvalue weighted by Crippen LogP contribution is 2.16. The molecular weight excluding hydrogens is 644 g/mol. The van der Waals surface area contributed by atoms with Crippen molar-refractivity contribution < 1.29 is 19.2 Å². The molecule has 2 aromatic carbocycles. The van der Waals surface area contributed by atoms with Crippen molar-refractivity contribution in [2.75, 3.05) is 37.6 Å². The molecule has 0 saturated carbocycles. The number of carbonyl (C=O) groups excluding carboxylic acids is 4. The summed E-state index contributed by atoms with van der Waals surface area (Å²) in [6.07, 6.45) is 4.41. The molecule has 51 heavy (non-hydrogen) atoms. The Labute approximate surface area is 301 Å². The quantitative estimate of drug-likeness (QED) is 0.126. The van der Waals surface area contributed by atoms with Crippen LogP contribution in [0.1, 0.15) is 50.7 Å². The monoisotopic (exact) mass is 698 g/mol. The van der Waals surface area contributed by atoms with Gasteiger partial charge in [0.2, 0.25) is 23.6 Å². The molecule has 1 fully saturated rings. The van der Waals surface area contributed by atoms with Crippen molar-refractivity contribution in [1.82, 2.24) is 25.8 Å². The van der Waals surface area contributed by atoms with Crippen molar-refractivity contribution in [2.45, 2.75) is 76.5 Å². The van der Waals surface area contributed by atoms with Crippen molar-refractivity contribution in [1.29, 1.82) is 0 Å². The molecule has 4 atom stereocenters. The predicted octanol–water partition coefficient (Wildman–Crippen LogP) is 2.17. The average Bonchev–Trinajstić information content (AvgIpc) is 3.14. The molecule has 0 aliphatic carbocycles. The van der Waals surface area contributed by atoms with Gasteiger partial charge in [-0.3, -0.25) is 19.2 Å². The molecule has 0 radical (unpaired) electrons. The number of anilines is 1. The maximum absolute atomic E-state index is 14.0. The summed E-state index contributed by atoms with van der Waals surface area (Å²) in [5.41, 5.74) is 13.8. The van der Waals surface area contributed by atoms with Gasteiger partial charge in [0.25, 0.3) is 0 Å². The number of carbonyl (C=O) groups is 4. The fourth-order valence-electron chi connectivity index (χ4n) is 6.21. The van der Waals surface area contributed by atoms with Crippen LogP contribution in [0.3, 0.4) is 0 Å². The number of piperazine rings is 1. The summed E-state index contributed by atoms with van der Waals surface area (Å²) in [4.78, 5) is 63.4. The Morgan fingerprint density at radius 1 is 0.706 bits per heavy atom. The third-order valence-electron chi connectivity index (χ3n) is 9.02. The summed E-state index contributed by atoms with van der Waals surface area (Å²) in [7, 11) is 0. The topological polar surface area (TPSA) is 176 Å². The maximum atomic E-state index is 14.0. The number of hydrogen-bond donors (Lipinski definition) is 5. The number of unbranched alkanes of at least 4 members (excludes halogenated alkanes) is 1. The van der Waals surface area contributed by atoms with E-state index in [0.717, 1.165) is 16.9 Å². The lowest BCUT2D eigenvalue weighted by molar-refractivity contribution is -0.138. The van der Waals surface area contributed by atoms with Crippen LogP contribution >= 0.6 is 0 Å². The third kappa shape index (κ3) is 12.5. The van der Waals surface area contributed by atoms with Gasteiger partial charge in [0, 0.05) is 38.8 Å². The van der Waals surface area contributed by atoms with Gasteiger partial charge in [-0.05, 0) is 67.8 Å². The molecule has 4 amide bonds. The number of benzene rings is 2. The SMILES string of the molecule is CC(C)C[C@@H](NC(=O)[C@@H](Cc1ccccc1)NC(=O)[C@H](N)Cc1ccccc1)C(=O)N[C@H](CCCCN)C(=O)N1CCN(c2ccccn2)CC1. The summed E-state index contributed by atoms with van der Waals surface area (Å²) in [5.74, 6) is -0.652. The first kappa shape index (κ1) is 39.0. The largest absolute Gasteiger partial charge is 0.353 e. The highest BCUT2D eigenvalue weighted by Gasteiger charge is 2.33. The van der Waals surface area contributed by atoms with Gasteiger partial charge in [-0.15, -0.1) is 0 Å². The Morgan fingerprint density at radius 3 is 1.86 bits per heavy atom. The molecule has 0 spiro atoms. The van der Waals surface area contributed by atoms with Crippen LogP contribution in [0.25, 0.3) is 0 Å². The number of nitrogens with zero attached hydrogens (tertiary/aromatic N) is 3. The van der Waals surface area contributed by atoms with E-state index < -0.39 is 41.9 Å². The van der Waals surface area contributed by atoms with E-state index in [1.54, 1.807) is 11.1 Å². The normalized spacial score (nSPS) is 15.4. The Bertz CT molecular complexity index is 1520. The van der Waals surface area contributed by atoms with Gasteiger partial charge in [0.1, 0.15) is 23.9 Å². The van der Waals surface area contributed by atoms with Crippen LogP contribution in [0.2, 0.25) is 0 Å². The van der Waals surface area contributed by atoms with Crippen molar-refractivity contribution in [2.24, 2.45) is 17.4 Å². The molecule has 12 heteroatoms. The second kappa shape index (κ2) is 20.1. The lowest BCUT2D eigenvalue weighted by Crippen LogP contribution is -2.59. The molecule has 1 saturated heterocycles. The van der Waals surface area contributed by atoms with Crippen molar-refractivity contribution in [3.05, 3.63) is 96.2 Å².